The normalized spacial score (nSPS) is 9.44. The number of carbonyl (C=O) groups is 1. The Labute approximate surface area is 103 Å². The number of rotatable bonds is 4. The van der Waals surface area contributed by atoms with E-state index in [1.165, 1.54) is 0 Å². The minimum Gasteiger partial charge on any atom is -0.330 e. The Morgan fingerprint density at radius 2 is 1.88 bits per heavy atom. The van der Waals surface area contributed by atoms with Crippen LogP contribution in [0, 0.1) is 13.8 Å². The van der Waals surface area contributed by atoms with Gasteiger partial charge in [0.25, 0.3) is 0 Å². The molecule has 0 saturated carbocycles. The predicted octanol–water partition coefficient (Wildman–Crippen LogP) is 2.40. The van der Waals surface area contributed by atoms with Gasteiger partial charge in [-0.2, -0.15) is 0 Å². The molecule has 16 heavy (non-hydrogen) atoms. The maximum absolute atomic E-state index is 11.5. The summed E-state index contributed by atoms with van der Waals surface area (Å²) in [4.78, 5) is 11.5. The van der Waals surface area contributed by atoms with Crippen LogP contribution in [0.1, 0.15) is 24.0 Å². The van der Waals surface area contributed by atoms with Crippen LogP contribution in [0.5, 0.6) is 0 Å². The van der Waals surface area contributed by atoms with E-state index in [1.54, 1.807) is 0 Å². The first-order chi connectivity index (χ1) is 7.15. The number of benzene rings is 1. The lowest BCUT2D eigenvalue weighted by atomic mass is 10.1. The average Bonchev–Trinajstić information content (AvgIpc) is 2.21. The van der Waals surface area contributed by atoms with Gasteiger partial charge in [0.05, 0.1) is 0 Å². The highest BCUT2D eigenvalue weighted by atomic mass is 35.5. The van der Waals surface area contributed by atoms with Gasteiger partial charge in [-0.15, -0.1) is 12.4 Å². The molecule has 0 unspecified atom stereocenters. The maximum Gasteiger partial charge on any atom is 0.224 e. The zero-order valence-electron chi connectivity index (χ0n) is 9.75. The highest BCUT2D eigenvalue weighted by Gasteiger charge is 2.05. The standard InChI is InChI=1S/C12H18N2O.ClH/c1-9-5-3-6-10(2)12(9)14-11(15)7-4-8-13;/h3,5-6H,4,7-8,13H2,1-2H3,(H,14,15);1H. The summed E-state index contributed by atoms with van der Waals surface area (Å²) in [6.45, 7) is 4.54. The lowest BCUT2D eigenvalue weighted by Gasteiger charge is -2.10. The summed E-state index contributed by atoms with van der Waals surface area (Å²) >= 11 is 0. The third kappa shape index (κ3) is 4.21. The van der Waals surface area contributed by atoms with E-state index in [-0.39, 0.29) is 18.3 Å². The molecule has 0 bridgehead atoms. The van der Waals surface area contributed by atoms with Crippen molar-refractivity contribution in [2.75, 3.05) is 11.9 Å². The molecule has 0 saturated heterocycles. The number of amides is 1. The molecule has 0 aromatic heterocycles. The average molecular weight is 243 g/mol. The fraction of sp³-hybridized carbons (Fsp3) is 0.417. The predicted molar refractivity (Wildman–Crippen MR) is 70.1 cm³/mol. The molecule has 0 atom stereocenters. The highest BCUT2D eigenvalue weighted by molar-refractivity contribution is 5.92. The number of nitrogens with one attached hydrogen (secondary N) is 1. The van der Waals surface area contributed by atoms with Crippen molar-refractivity contribution in [1.29, 1.82) is 0 Å². The van der Waals surface area contributed by atoms with Crippen LogP contribution in [0.3, 0.4) is 0 Å². The molecule has 3 nitrogen and oxygen atoms in total. The number of nitrogens with two attached hydrogens (primary N) is 1. The summed E-state index contributed by atoms with van der Waals surface area (Å²) in [5.74, 6) is 0.0397. The van der Waals surface area contributed by atoms with Crippen molar-refractivity contribution < 1.29 is 4.79 Å². The summed E-state index contributed by atoms with van der Waals surface area (Å²) in [5, 5.41) is 2.92. The van der Waals surface area contributed by atoms with Gasteiger partial charge in [-0.3, -0.25) is 4.79 Å². The molecule has 1 amide bonds. The van der Waals surface area contributed by atoms with Gasteiger partial charge in [-0.25, -0.2) is 0 Å². The zero-order chi connectivity index (χ0) is 11.3. The number of aryl methyl sites for hydroxylation is 2. The molecule has 0 spiro atoms. The van der Waals surface area contributed by atoms with E-state index >= 15 is 0 Å². The molecule has 0 aliphatic heterocycles. The van der Waals surface area contributed by atoms with Gasteiger partial charge >= 0.3 is 0 Å². The number of anilines is 1. The summed E-state index contributed by atoms with van der Waals surface area (Å²) in [6, 6.07) is 5.97. The number of hydrogen-bond donors (Lipinski definition) is 2. The molecule has 0 aliphatic rings. The molecule has 3 N–H and O–H groups in total. The van der Waals surface area contributed by atoms with Gasteiger partial charge in [-0.1, -0.05) is 18.2 Å². The quantitative estimate of drug-likeness (QED) is 0.852. The van der Waals surface area contributed by atoms with Gasteiger partial charge in [0.2, 0.25) is 5.91 Å². The second-order valence-corrected chi connectivity index (χ2v) is 3.71. The minimum absolute atomic E-state index is 0. The SMILES string of the molecule is Cc1cccc(C)c1NC(=O)CCCN.Cl. The number of hydrogen-bond acceptors (Lipinski definition) is 2. The first kappa shape index (κ1) is 14.9. The Hall–Kier alpha value is -1.06. The number of carbonyl (C=O) groups excluding carboxylic acids is 1. The fourth-order valence-corrected chi connectivity index (χ4v) is 1.48. The van der Waals surface area contributed by atoms with Gasteiger partial charge < -0.3 is 11.1 Å². The number of halogens is 1. The Kier molecular flexibility index (Phi) is 6.77. The van der Waals surface area contributed by atoms with Crippen molar-refractivity contribution in [2.24, 2.45) is 5.73 Å². The van der Waals surface area contributed by atoms with Crippen LogP contribution in [0.4, 0.5) is 5.69 Å². The van der Waals surface area contributed by atoms with Crippen molar-refractivity contribution in [2.45, 2.75) is 26.7 Å². The monoisotopic (exact) mass is 242 g/mol. The van der Waals surface area contributed by atoms with Crippen LogP contribution in [0.25, 0.3) is 0 Å². The van der Waals surface area contributed by atoms with Gasteiger partial charge in [-0.05, 0) is 37.9 Å². The van der Waals surface area contributed by atoms with E-state index in [2.05, 4.69) is 5.32 Å². The molecule has 0 aliphatic carbocycles. The molecule has 1 aromatic rings. The first-order valence-electron chi connectivity index (χ1n) is 5.21. The summed E-state index contributed by atoms with van der Waals surface area (Å²) in [5.41, 5.74) is 8.47. The van der Waals surface area contributed by atoms with Crippen LogP contribution in [-0.2, 0) is 4.79 Å². The maximum atomic E-state index is 11.5. The fourth-order valence-electron chi connectivity index (χ4n) is 1.48. The lowest BCUT2D eigenvalue weighted by molar-refractivity contribution is -0.116. The van der Waals surface area contributed by atoms with Crippen LogP contribution in [0.15, 0.2) is 18.2 Å². The molecule has 0 heterocycles. The number of para-hydroxylation sites is 1. The third-order valence-electron chi connectivity index (χ3n) is 2.35. The van der Waals surface area contributed by atoms with Crippen LogP contribution in [0.2, 0.25) is 0 Å². The van der Waals surface area contributed by atoms with E-state index in [9.17, 15) is 4.79 Å². The van der Waals surface area contributed by atoms with E-state index in [0.29, 0.717) is 13.0 Å². The van der Waals surface area contributed by atoms with Crippen LogP contribution >= 0.6 is 12.4 Å². The van der Waals surface area contributed by atoms with E-state index in [4.69, 9.17) is 5.73 Å². The molecule has 1 rings (SSSR count). The van der Waals surface area contributed by atoms with E-state index in [1.807, 2.05) is 32.0 Å². The van der Waals surface area contributed by atoms with Gasteiger partial charge in [0.1, 0.15) is 0 Å². The Balaban J connectivity index is 0.00000225. The smallest absolute Gasteiger partial charge is 0.224 e. The Morgan fingerprint density at radius 3 is 2.38 bits per heavy atom. The summed E-state index contributed by atoms with van der Waals surface area (Å²) in [7, 11) is 0. The Bertz CT molecular complexity index is 333. The van der Waals surface area contributed by atoms with Crippen molar-refractivity contribution in [3.63, 3.8) is 0 Å². The molecule has 90 valence electrons. The van der Waals surface area contributed by atoms with Crippen LogP contribution < -0.4 is 11.1 Å². The summed E-state index contributed by atoms with van der Waals surface area (Å²) in [6.07, 6.45) is 1.22. The van der Waals surface area contributed by atoms with E-state index < -0.39 is 0 Å². The molecule has 0 fully saturated rings. The van der Waals surface area contributed by atoms with Crippen molar-refractivity contribution >= 4 is 24.0 Å². The topological polar surface area (TPSA) is 55.1 Å². The highest BCUT2D eigenvalue weighted by Crippen LogP contribution is 2.19. The third-order valence-corrected chi connectivity index (χ3v) is 2.35. The van der Waals surface area contributed by atoms with Crippen molar-refractivity contribution in [3.05, 3.63) is 29.3 Å². The second-order valence-electron chi connectivity index (χ2n) is 3.71. The first-order valence-corrected chi connectivity index (χ1v) is 5.21. The van der Waals surface area contributed by atoms with Crippen molar-refractivity contribution in [1.82, 2.24) is 0 Å². The zero-order valence-corrected chi connectivity index (χ0v) is 10.6. The molecular weight excluding hydrogens is 224 g/mol. The second kappa shape index (κ2) is 7.25. The van der Waals surface area contributed by atoms with Gasteiger partial charge in [0, 0.05) is 12.1 Å². The minimum atomic E-state index is 0. The molecule has 0 radical (unpaired) electrons. The Morgan fingerprint density at radius 1 is 1.31 bits per heavy atom. The van der Waals surface area contributed by atoms with Crippen LogP contribution in [-0.4, -0.2) is 12.5 Å². The van der Waals surface area contributed by atoms with E-state index in [0.717, 1.165) is 23.2 Å². The summed E-state index contributed by atoms with van der Waals surface area (Å²) < 4.78 is 0. The lowest BCUT2D eigenvalue weighted by Crippen LogP contribution is -2.14. The largest absolute Gasteiger partial charge is 0.330 e. The van der Waals surface area contributed by atoms with Crippen molar-refractivity contribution in [3.8, 4) is 0 Å². The van der Waals surface area contributed by atoms with Gasteiger partial charge in [0.15, 0.2) is 0 Å². The molecule has 4 heteroatoms. The molecular formula is C12H19ClN2O. The molecule has 1 aromatic carbocycles.